The lowest BCUT2D eigenvalue weighted by Gasteiger charge is -2.14. The molecule has 0 aliphatic rings. The first-order valence-electron chi connectivity index (χ1n) is 7.35. The molecule has 116 valence electrons. The van der Waals surface area contributed by atoms with E-state index in [0.717, 1.165) is 32.1 Å². The van der Waals surface area contributed by atoms with E-state index in [1.165, 1.54) is 6.42 Å². The van der Waals surface area contributed by atoms with Crippen molar-refractivity contribution in [3.63, 3.8) is 0 Å². The molecule has 1 aromatic carbocycles. The number of benzene rings is 1. The lowest BCUT2D eigenvalue weighted by Crippen LogP contribution is -2.12. The summed E-state index contributed by atoms with van der Waals surface area (Å²) in [6.07, 6.45) is 9.00. The van der Waals surface area contributed by atoms with Crippen LogP contribution in [0.5, 0.6) is 0 Å². The van der Waals surface area contributed by atoms with Crippen LogP contribution in [0.2, 0.25) is 10.0 Å². The zero-order chi connectivity index (χ0) is 15.7. The maximum Gasteiger partial charge on any atom is 0.311 e. The Kier molecular flexibility index (Phi) is 8.48. The van der Waals surface area contributed by atoms with Crippen LogP contribution in [0.3, 0.4) is 0 Å². The van der Waals surface area contributed by atoms with Gasteiger partial charge in [-0.2, -0.15) is 0 Å². The molecular weight excluding hydrogens is 307 g/mol. The van der Waals surface area contributed by atoms with Crippen molar-refractivity contribution in [1.82, 2.24) is 0 Å². The summed E-state index contributed by atoms with van der Waals surface area (Å²) in [6.45, 7) is 3.70. The van der Waals surface area contributed by atoms with Crippen LogP contribution in [-0.2, 0) is 4.79 Å². The first kappa shape index (κ1) is 18.1. The molecule has 0 heterocycles. The monoisotopic (exact) mass is 328 g/mol. The van der Waals surface area contributed by atoms with Crippen LogP contribution in [-0.4, -0.2) is 11.1 Å². The molecule has 21 heavy (non-hydrogen) atoms. The van der Waals surface area contributed by atoms with Crippen molar-refractivity contribution in [3.05, 3.63) is 46.5 Å². The maximum atomic E-state index is 11.4. The first-order chi connectivity index (χ1) is 10.1. The van der Waals surface area contributed by atoms with Crippen molar-refractivity contribution in [1.29, 1.82) is 0 Å². The van der Waals surface area contributed by atoms with Crippen molar-refractivity contribution in [2.45, 2.75) is 50.9 Å². The van der Waals surface area contributed by atoms with Gasteiger partial charge < -0.3 is 5.11 Å². The third-order valence-electron chi connectivity index (χ3n) is 3.54. The number of unbranched alkanes of at least 4 members (excludes halogenated alkanes) is 5. The standard InChI is InChI=1S/C17H22Cl2O2/c1-2-3-4-5-6-7-8-9-15(17(20)21)14-11-10-13(18)12-16(14)19/h2,10-12,15H,1,3-9H2,(H,20,21). The highest BCUT2D eigenvalue weighted by Gasteiger charge is 2.21. The molecule has 1 rings (SSSR count). The minimum Gasteiger partial charge on any atom is -0.481 e. The summed E-state index contributed by atoms with van der Waals surface area (Å²) in [5.41, 5.74) is 0.653. The van der Waals surface area contributed by atoms with E-state index in [1.807, 2.05) is 6.08 Å². The van der Waals surface area contributed by atoms with Crippen LogP contribution in [0.4, 0.5) is 0 Å². The molecule has 4 heteroatoms. The SMILES string of the molecule is C=CCCCCCCCC(C(=O)O)c1ccc(Cl)cc1Cl. The summed E-state index contributed by atoms with van der Waals surface area (Å²) in [7, 11) is 0. The van der Waals surface area contributed by atoms with E-state index >= 15 is 0 Å². The molecule has 0 spiro atoms. The number of carbonyl (C=O) groups is 1. The van der Waals surface area contributed by atoms with Gasteiger partial charge >= 0.3 is 5.97 Å². The van der Waals surface area contributed by atoms with Gasteiger partial charge in [0, 0.05) is 10.0 Å². The van der Waals surface area contributed by atoms with E-state index < -0.39 is 11.9 Å². The van der Waals surface area contributed by atoms with E-state index in [0.29, 0.717) is 22.0 Å². The second-order valence-electron chi connectivity index (χ2n) is 5.19. The van der Waals surface area contributed by atoms with Gasteiger partial charge in [0.15, 0.2) is 0 Å². The zero-order valence-electron chi connectivity index (χ0n) is 12.2. The molecule has 0 fully saturated rings. The maximum absolute atomic E-state index is 11.4. The zero-order valence-corrected chi connectivity index (χ0v) is 13.7. The molecule has 1 aromatic rings. The summed E-state index contributed by atoms with van der Waals surface area (Å²) >= 11 is 12.0. The van der Waals surface area contributed by atoms with Gasteiger partial charge in [-0.1, -0.05) is 61.0 Å². The second-order valence-corrected chi connectivity index (χ2v) is 6.03. The average molecular weight is 329 g/mol. The molecule has 1 N–H and O–H groups in total. The quantitative estimate of drug-likeness (QED) is 0.417. The Morgan fingerprint density at radius 2 is 1.86 bits per heavy atom. The van der Waals surface area contributed by atoms with Crippen LogP contribution < -0.4 is 0 Å². The highest BCUT2D eigenvalue weighted by molar-refractivity contribution is 6.35. The first-order valence-corrected chi connectivity index (χ1v) is 8.10. The number of hydrogen-bond acceptors (Lipinski definition) is 1. The molecule has 0 radical (unpaired) electrons. The summed E-state index contributed by atoms with van der Waals surface area (Å²) in [6, 6.07) is 5.01. The van der Waals surface area contributed by atoms with Gasteiger partial charge in [0.2, 0.25) is 0 Å². The van der Waals surface area contributed by atoms with Gasteiger partial charge in [-0.15, -0.1) is 6.58 Å². The van der Waals surface area contributed by atoms with Crippen molar-refractivity contribution < 1.29 is 9.90 Å². The molecule has 0 aromatic heterocycles. The number of hydrogen-bond donors (Lipinski definition) is 1. The van der Waals surface area contributed by atoms with E-state index in [2.05, 4.69) is 6.58 Å². The van der Waals surface area contributed by atoms with Gasteiger partial charge in [0.1, 0.15) is 0 Å². The van der Waals surface area contributed by atoms with E-state index in [4.69, 9.17) is 23.2 Å². The number of rotatable bonds is 10. The van der Waals surface area contributed by atoms with Crippen LogP contribution >= 0.6 is 23.2 Å². The van der Waals surface area contributed by atoms with Crippen molar-refractivity contribution >= 4 is 29.2 Å². The number of carboxylic acid groups (broad SMARTS) is 1. The lowest BCUT2D eigenvalue weighted by molar-refractivity contribution is -0.139. The van der Waals surface area contributed by atoms with Gasteiger partial charge in [0.05, 0.1) is 5.92 Å². The Hall–Kier alpha value is -0.990. The van der Waals surface area contributed by atoms with E-state index in [1.54, 1.807) is 18.2 Å². The van der Waals surface area contributed by atoms with Gasteiger partial charge in [-0.25, -0.2) is 0 Å². The fourth-order valence-corrected chi connectivity index (χ4v) is 2.90. The van der Waals surface area contributed by atoms with Crippen LogP contribution in [0.15, 0.2) is 30.9 Å². The summed E-state index contributed by atoms with van der Waals surface area (Å²) in [5.74, 6) is -1.38. The molecule has 0 aliphatic carbocycles. The Balaban J connectivity index is 2.47. The smallest absolute Gasteiger partial charge is 0.311 e. The molecule has 0 aliphatic heterocycles. The van der Waals surface area contributed by atoms with Crippen LogP contribution in [0.1, 0.15) is 56.4 Å². The number of carboxylic acids is 1. The van der Waals surface area contributed by atoms with Gasteiger partial charge in [0.25, 0.3) is 0 Å². The number of allylic oxidation sites excluding steroid dienone is 1. The van der Waals surface area contributed by atoms with Crippen molar-refractivity contribution in [2.75, 3.05) is 0 Å². The molecule has 2 nitrogen and oxygen atoms in total. The highest BCUT2D eigenvalue weighted by atomic mass is 35.5. The third kappa shape index (κ3) is 6.54. The van der Waals surface area contributed by atoms with Crippen LogP contribution in [0.25, 0.3) is 0 Å². The summed E-state index contributed by atoms with van der Waals surface area (Å²) < 4.78 is 0. The Morgan fingerprint density at radius 3 is 2.48 bits per heavy atom. The molecule has 1 unspecified atom stereocenters. The Morgan fingerprint density at radius 1 is 1.19 bits per heavy atom. The van der Waals surface area contributed by atoms with E-state index in [-0.39, 0.29) is 0 Å². The number of halogens is 2. The highest BCUT2D eigenvalue weighted by Crippen LogP contribution is 2.31. The Labute approximate surface area is 136 Å². The minimum absolute atomic E-state index is 0.431. The fourth-order valence-electron chi connectivity index (χ4n) is 2.36. The number of aliphatic carboxylic acids is 1. The topological polar surface area (TPSA) is 37.3 Å². The lowest BCUT2D eigenvalue weighted by atomic mass is 9.93. The largest absolute Gasteiger partial charge is 0.481 e. The summed E-state index contributed by atoms with van der Waals surface area (Å²) in [4.78, 5) is 11.4. The molecule has 1 atom stereocenters. The third-order valence-corrected chi connectivity index (χ3v) is 4.10. The second kappa shape index (κ2) is 9.86. The average Bonchev–Trinajstić information content (AvgIpc) is 2.43. The van der Waals surface area contributed by atoms with Gasteiger partial charge in [-0.3, -0.25) is 4.79 Å². The Bertz CT molecular complexity index is 472. The van der Waals surface area contributed by atoms with Gasteiger partial charge in [-0.05, 0) is 37.0 Å². The molecule has 0 amide bonds. The van der Waals surface area contributed by atoms with Crippen LogP contribution in [0, 0.1) is 0 Å². The molecular formula is C17H22Cl2O2. The van der Waals surface area contributed by atoms with Crippen molar-refractivity contribution in [3.8, 4) is 0 Å². The predicted octanol–water partition coefficient (Wildman–Crippen LogP) is 6.08. The van der Waals surface area contributed by atoms with Crippen molar-refractivity contribution in [2.24, 2.45) is 0 Å². The van der Waals surface area contributed by atoms with E-state index in [9.17, 15) is 9.90 Å². The molecule has 0 bridgehead atoms. The summed E-state index contributed by atoms with van der Waals surface area (Å²) in [5, 5.41) is 10.3. The molecule has 0 saturated carbocycles. The predicted molar refractivity (Wildman–Crippen MR) is 89.4 cm³/mol. The fraction of sp³-hybridized carbons (Fsp3) is 0.471. The minimum atomic E-state index is -0.828. The normalized spacial score (nSPS) is 12.1. The molecule has 0 saturated heterocycles.